The first-order valence-corrected chi connectivity index (χ1v) is 5.81. The van der Waals surface area contributed by atoms with Crippen LogP contribution >= 0.6 is 0 Å². The van der Waals surface area contributed by atoms with Gasteiger partial charge in [0, 0.05) is 19.6 Å². The molecule has 0 spiro atoms. The van der Waals surface area contributed by atoms with Crippen molar-refractivity contribution < 1.29 is 0 Å². The minimum absolute atomic E-state index is 0.0962. The number of nitrogens with one attached hydrogen (secondary N) is 1. The smallest absolute Gasteiger partial charge is 0.123 e. The van der Waals surface area contributed by atoms with Gasteiger partial charge < -0.3 is 5.32 Å². The quantitative estimate of drug-likeness (QED) is 0.813. The van der Waals surface area contributed by atoms with E-state index in [4.69, 9.17) is 0 Å². The van der Waals surface area contributed by atoms with E-state index < -0.39 is 0 Å². The van der Waals surface area contributed by atoms with E-state index in [9.17, 15) is 5.26 Å². The Balaban J connectivity index is 2.13. The third-order valence-electron chi connectivity index (χ3n) is 2.98. The molecule has 1 aromatic rings. The molecule has 2 rings (SSSR count). The van der Waals surface area contributed by atoms with Crippen LogP contribution in [0.1, 0.15) is 18.0 Å². The van der Waals surface area contributed by atoms with Gasteiger partial charge in [0.1, 0.15) is 6.04 Å². The van der Waals surface area contributed by atoms with Crippen LogP contribution in [-0.4, -0.2) is 31.1 Å². The summed E-state index contributed by atoms with van der Waals surface area (Å²) in [6.07, 6.45) is 1.12. The van der Waals surface area contributed by atoms with Crippen LogP contribution in [0.15, 0.2) is 30.3 Å². The lowest BCUT2D eigenvalue weighted by atomic mass is 10.1. The van der Waals surface area contributed by atoms with Gasteiger partial charge in [0.2, 0.25) is 0 Å². The van der Waals surface area contributed by atoms with E-state index in [1.807, 2.05) is 30.3 Å². The second-order valence-electron chi connectivity index (χ2n) is 4.08. The molecule has 0 radical (unpaired) electrons. The summed E-state index contributed by atoms with van der Waals surface area (Å²) in [5, 5.41) is 12.7. The van der Waals surface area contributed by atoms with Crippen LogP contribution < -0.4 is 5.32 Å². The van der Waals surface area contributed by atoms with Gasteiger partial charge in [-0.1, -0.05) is 30.3 Å². The van der Waals surface area contributed by atoms with E-state index in [0.717, 1.165) is 38.2 Å². The number of nitrogens with zero attached hydrogens (tertiary/aromatic N) is 2. The summed E-state index contributed by atoms with van der Waals surface area (Å²) in [6, 6.07) is 12.4. The average molecular weight is 215 g/mol. The van der Waals surface area contributed by atoms with Crippen molar-refractivity contribution in [3.8, 4) is 6.07 Å². The van der Waals surface area contributed by atoms with Crippen LogP contribution in [-0.2, 0) is 0 Å². The molecule has 1 N–H and O–H groups in total. The molecule has 0 saturated carbocycles. The lowest BCUT2D eigenvalue weighted by Crippen LogP contribution is -2.31. The molecule has 1 aromatic carbocycles. The number of nitriles is 1. The van der Waals surface area contributed by atoms with Gasteiger partial charge >= 0.3 is 0 Å². The molecule has 0 aromatic heterocycles. The predicted molar refractivity (Wildman–Crippen MR) is 63.9 cm³/mol. The summed E-state index contributed by atoms with van der Waals surface area (Å²) in [5.74, 6) is 0. The van der Waals surface area contributed by atoms with Gasteiger partial charge in [-0.2, -0.15) is 5.26 Å². The zero-order valence-corrected chi connectivity index (χ0v) is 9.39. The molecular formula is C13H17N3. The van der Waals surface area contributed by atoms with Crippen LogP contribution in [0, 0.1) is 11.3 Å². The fourth-order valence-electron chi connectivity index (χ4n) is 2.13. The number of hydrogen-bond acceptors (Lipinski definition) is 3. The first kappa shape index (κ1) is 11.1. The van der Waals surface area contributed by atoms with Crippen molar-refractivity contribution in [3.63, 3.8) is 0 Å². The molecule has 1 saturated heterocycles. The van der Waals surface area contributed by atoms with Crippen molar-refractivity contribution in [2.24, 2.45) is 0 Å². The van der Waals surface area contributed by atoms with Gasteiger partial charge in [0.25, 0.3) is 0 Å². The highest BCUT2D eigenvalue weighted by atomic mass is 15.2. The molecule has 16 heavy (non-hydrogen) atoms. The number of benzene rings is 1. The molecule has 3 heteroatoms. The minimum Gasteiger partial charge on any atom is -0.315 e. The van der Waals surface area contributed by atoms with E-state index >= 15 is 0 Å². The Hall–Kier alpha value is -1.37. The molecule has 1 aliphatic rings. The van der Waals surface area contributed by atoms with Crippen molar-refractivity contribution in [2.45, 2.75) is 12.5 Å². The average Bonchev–Trinajstić information content (AvgIpc) is 2.61. The summed E-state index contributed by atoms with van der Waals surface area (Å²) in [5.41, 5.74) is 1.10. The summed E-state index contributed by atoms with van der Waals surface area (Å²) in [4.78, 5) is 2.26. The fourth-order valence-corrected chi connectivity index (χ4v) is 2.13. The van der Waals surface area contributed by atoms with E-state index in [1.165, 1.54) is 0 Å². The van der Waals surface area contributed by atoms with Crippen LogP contribution in [0.3, 0.4) is 0 Å². The standard InChI is InChI=1S/C13H17N3/c14-11-13(12-5-2-1-3-6-12)16-9-4-7-15-8-10-16/h1-3,5-6,13,15H,4,7-10H2. The number of rotatable bonds is 2. The Morgan fingerprint density at radius 3 is 2.75 bits per heavy atom. The molecule has 84 valence electrons. The normalized spacial score (nSPS) is 19.7. The van der Waals surface area contributed by atoms with Gasteiger partial charge in [-0.15, -0.1) is 0 Å². The van der Waals surface area contributed by atoms with E-state index in [1.54, 1.807) is 0 Å². The van der Waals surface area contributed by atoms with Gasteiger partial charge in [0.05, 0.1) is 6.07 Å². The Kier molecular flexibility index (Phi) is 3.92. The molecule has 1 heterocycles. The third kappa shape index (κ3) is 2.60. The largest absolute Gasteiger partial charge is 0.315 e. The molecule has 3 nitrogen and oxygen atoms in total. The van der Waals surface area contributed by atoms with Gasteiger partial charge in [-0.25, -0.2) is 0 Å². The molecule has 0 bridgehead atoms. The summed E-state index contributed by atoms with van der Waals surface area (Å²) in [7, 11) is 0. The topological polar surface area (TPSA) is 39.1 Å². The first-order valence-electron chi connectivity index (χ1n) is 5.81. The van der Waals surface area contributed by atoms with E-state index in [-0.39, 0.29) is 6.04 Å². The monoisotopic (exact) mass is 215 g/mol. The molecular weight excluding hydrogens is 198 g/mol. The molecule has 1 aliphatic heterocycles. The fraction of sp³-hybridized carbons (Fsp3) is 0.462. The van der Waals surface area contributed by atoms with E-state index in [2.05, 4.69) is 16.3 Å². The zero-order valence-electron chi connectivity index (χ0n) is 9.39. The van der Waals surface area contributed by atoms with Crippen molar-refractivity contribution in [1.29, 1.82) is 5.26 Å². The molecule has 0 aliphatic carbocycles. The van der Waals surface area contributed by atoms with Crippen molar-refractivity contribution in [3.05, 3.63) is 35.9 Å². The lowest BCUT2D eigenvalue weighted by molar-refractivity contribution is 0.252. The summed E-state index contributed by atoms with van der Waals surface area (Å²) < 4.78 is 0. The Morgan fingerprint density at radius 1 is 1.19 bits per heavy atom. The van der Waals surface area contributed by atoms with Crippen LogP contribution in [0.4, 0.5) is 0 Å². The number of hydrogen-bond donors (Lipinski definition) is 1. The Morgan fingerprint density at radius 2 is 2.00 bits per heavy atom. The second kappa shape index (κ2) is 5.64. The summed E-state index contributed by atoms with van der Waals surface area (Å²) >= 11 is 0. The van der Waals surface area contributed by atoms with Gasteiger partial charge in [-0.05, 0) is 18.5 Å². The first-order chi connectivity index (χ1) is 7.92. The van der Waals surface area contributed by atoms with Crippen LogP contribution in [0.25, 0.3) is 0 Å². The predicted octanol–water partition coefficient (Wildman–Crippen LogP) is 1.55. The van der Waals surface area contributed by atoms with Crippen LogP contribution in [0.5, 0.6) is 0 Å². The lowest BCUT2D eigenvalue weighted by Gasteiger charge is -2.25. The maximum absolute atomic E-state index is 9.31. The zero-order chi connectivity index (χ0) is 11.2. The van der Waals surface area contributed by atoms with E-state index in [0.29, 0.717) is 0 Å². The van der Waals surface area contributed by atoms with Crippen LogP contribution in [0.2, 0.25) is 0 Å². The highest BCUT2D eigenvalue weighted by Gasteiger charge is 2.20. The second-order valence-corrected chi connectivity index (χ2v) is 4.08. The highest BCUT2D eigenvalue weighted by Crippen LogP contribution is 2.20. The third-order valence-corrected chi connectivity index (χ3v) is 2.98. The minimum atomic E-state index is -0.0962. The highest BCUT2D eigenvalue weighted by molar-refractivity contribution is 5.24. The van der Waals surface area contributed by atoms with Crippen molar-refractivity contribution in [1.82, 2.24) is 10.2 Å². The molecule has 0 amide bonds. The van der Waals surface area contributed by atoms with Crippen molar-refractivity contribution in [2.75, 3.05) is 26.2 Å². The maximum Gasteiger partial charge on any atom is 0.123 e. The molecule has 1 unspecified atom stereocenters. The van der Waals surface area contributed by atoms with Gasteiger partial charge in [0.15, 0.2) is 0 Å². The summed E-state index contributed by atoms with van der Waals surface area (Å²) in [6.45, 7) is 3.99. The Bertz CT molecular complexity index is 347. The molecule has 1 atom stereocenters. The van der Waals surface area contributed by atoms with Gasteiger partial charge in [-0.3, -0.25) is 4.90 Å². The maximum atomic E-state index is 9.31. The molecule has 1 fully saturated rings. The SMILES string of the molecule is N#CC(c1ccccc1)N1CCCNCC1. The van der Waals surface area contributed by atoms with Crippen molar-refractivity contribution >= 4 is 0 Å². The Labute approximate surface area is 96.7 Å².